The third-order valence-corrected chi connectivity index (χ3v) is 3.89. The van der Waals surface area contributed by atoms with Gasteiger partial charge >= 0.3 is 11.9 Å². The van der Waals surface area contributed by atoms with Crippen molar-refractivity contribution in [1.82, 2.24) is 4.98 Å². The molecule has 1 unspecified atom stereocenters. The van der Waals surface area contributed by atoms with Gasteiger partial charge in [0.2, 0.25) is 6.10 Å². The van der Waals surface area contributed by atoms with Crippen LogP contribution in [0.25, 0.3) is 21.7 Å². The van der Waals surface area contributed by atoms with Crippen molar-refractivity contribution < 1.29 is 19.1 Å². The van der Waals surface area contributed by atoms with Gasteiger partial charge in [0, 0.05) is 17.3 Å². The van der Waals surface area contributed by atoms with E-state index in [1.165, 1.54) is 0 Å². The number of benzene rings is 2. The summed E-state index contributed by atoms with van der Waals surface area (Å²) in [5.74, 6) is -1.01. The number of cyclic esters (lactones) is 1. The van der Waals surface area contributed by atoms with Crippen LogP contribution in [0.5, 0.6) is 0 Å². The van der Waals surface area contributed by atoms with Crippen molar-refractivity contribution in [2.75, 3.05) is 6.61 Å². The minimum atomic E-state index is -0.796. The van der Waals surface area contributed by atoms with E-state index in [1.807, 2.05) is 36.4 Å². The largest absolute Gasteiger partial charge is 0.463 e. The maximum atomic E-state index is 12.2. The monoisotopic (exact) mass is 295 g/mol. The van der Waals surface area contributed by atoms with Gasteiger partial charge in [-0.3, -0.25) is 0 Å². The number of hydrogen-bond donors (Lipinski definition) is 1. The molecule has 3 aromatic rings. The summed E-state index contributed by atoms with van der Waals surface area (Å²) in [5.41, 5.74) is 1.20. The molecule has 1 N–H and O–H groups in total. The zero-order valence-electron chi connectivity index (χ0n) is 11.7. The zero-order valence-corrected chi connectivity index (χ0v) is 11.7. The van der Waals surface area contributed by atoms with Gasteiger partial charge < -0.3 is 14.5 Å². The molecular weight excluding hydrogens is 282 g/mol. The first-order chi connectivity index (χ1) is 10.7. The smallest absolute Gasteiger partial charge is 0.355 e. The molecule has 22 heavy (non-hydrogen) atoms. The van der Waals surface area contributed by atoms with E-state index < -0.39 is 18.0 Å². The van der Waals surface area contributed by atoms with Crippen LogP contribution in [-0.2, 0) is 14.3 Å². The lowest BCUT2D eigenvalue weighted by Crippen LogP contribution is -2.22. The third-order valence-electron chi connectivity index (χ3n) is 3.89. The van der Waals surface area contributed by atoms with Crippen LogP contribution in [0, 0.1) is 0 Å². The van der Waals surface area contributed by atoms with E-state index in [-0.39, 0.29) is 0 Å². The number of hydrogen-bond acceptors (Lipinski definition) is 4. The van der Waals surface area contributed by atoms with Crippen LogP contribution in [-0.4, -0.2) is 29.6 Å². The number of esters is 2. The summed E-state index contributed by atoms with van der Waals surface area (Å²) >= 11 is 0. The van der Waals surface area contributed by atoms with Gasteiger partial charge in [-0.05, 0) is 22.9 Å². The lowest BCUT2D eigenvalue weighted by atomic mass is 10.1. The summed E-state index contributed by atoms with van der Waals surface area (Å²) in [6.45, 7) is 0.300. The number of aromatic amines is 1. The number of carbonyl (C=O) groups excluding carboxylic acids is 2. The summed E-state index contributed by atoms with van der Waals surface area (Å²) < 4.78 is 10.00. The Bertz CT molecular complexity index is 896. The number of nitrogens with one attached hydrogen (secondary N) is 1. The van der Waals surface area contributed by atoms with Crippen molar-refractivity contribution in [3.63, 3.8) is 0 Å². The Hall–Kier alpha value is -2.82. The first kappa shape index (κ1) is 12.9. The first-order valence-electron chi connectivity index (χ1n) is 7.10. The Morgan fingerprint density at radius 1 is 1.18 bits per heavy atom. The second-order valence-corrected chi connectivity index (χ2v) is 5.28. The maximum Gasteiger partial charge on any atom is 0.355 e. The highest BCUT2D eigenvalue weighted by Gasteiger charge is 2.31. The minimum absolute atomic E-state index is 0.300. The fraction of sp³-hybridized carbons (Fsp3) is 0.176. The summed E-state index contributed by atoms with van der Waals surface area (Å²) in [4.78, 5) is 26.6. The van der Waals surface area contributed by atoms with E-state index in [0.717, 1.165) is 21.7 Å². The van der Waals surface area contributed by atoms with Crippen LogP contribution < -0.4 is 0 Å². The van der Waals surface area contributed by atoms with E-state index in [2.05, 4.69) is 4.98 Å². The van der Waals surface area contributed by atoms with Gasteiger partial charge in [0.25, 0.3) is 0 Å². The molecule has 1 fully saturated rings. The highest BCUT2D eigenvalue weighted by Crippen LogP contribution is 2.26. The molecule has 0 aliphatic carbocycles. The summed E-state index contributed by atoms with van der Waals surface area (Å²) in [5, 5.41) is 3.13. The van der Waals surface area contributed by atoms with Gasteiger partial charge in [-0.2, -0.15) is 0 Å². The Morgan fingerprint density at radius 3 is 2.86 bits per heavy atom. The van der Waals surface area contributed by atoms with E-state index in [1.54, 1.807) is 6.07 Å². The number of aromatic nitrogens is 1. The van der Waals surface area contributed by atoms with Gasteiger partial charge in [0.1, 0.15) is 5.69 Å². The predicted molar refractivity (Wildman–Crippen MR) is 80.6 cm³/mol. The average molecular weight is 295 g/mol. The van der Waals surface area contributed by atoms with Crippen LogP contribution in [0.15, 0.2) is 42.5 Å². The molecule has 4 rings (SSSR count). The van der Waals surface area contributed by atoms with E-state index in [0.29, 0.717) is 18.7 Å². The lowest BCUT2D eigenvalue weighted by molar-refractivity contribution is -0.145. The average Bonchev–Trinajstić information content (AvgIpc) is 3.14. The van der Waals surface area contributed by atoms with E-state index >= 15 is 0 Å². The fourth-order valence-corrected chi connectivity index (χ4v) is 2.77. The number of carbonyl (C=O) groups is 2. The molecular formula is C17H13NO4. The highest BCUT2D eigenvalue weighted by atomic mass is 16.6. The van der Waals surface area contributed by atoms with Crippen LogP contribution in [0.3, 0.4) is 0 Å². The lowest BCUT2D eigenvalue weighted by Gasteiger charge is -2.06. The molecule has 2 heterocycles. The molecule has 2 aromatic carbocycles. The second kappa shape index (κ2) is 4.87. The molecule has 1 aliphatic rings. The predicted octanol–water partition coefficient (Wildman–Crippen LogP) is 2.79. The summed E-state index contributed by atoms with van der Waals surface area (Å²) in [6.07, 6.45) is -0.385. The summed E-state index contributed by atoms with van der Waals surface area (Å²) in [6, 6.07) is 13.7. The SMILES string of the molecule is O=C(OC1CCOC1=O)c1cc2c(ccc3ccccc32)[nH]1. The molecule has 1 atom stereocenters. The summed E-state index contributed by atoms with van der Waals surface area (Å²) in [7, 11) is 0. The normalized spacial score (nSPS) is 17.8. The Morgan fingerprint density at radius 2 is 2.05 bits per heavy atom. The maximum absolute atomic E-state index is 12.2. The molecule has 0 radical (unpaired) electrons. The van der Waals surface area contributed by atoms with Crippen LogP contribution in [0.4, 0.5) is 0 Å². The molecule has 5 heteroatoms. The quantitative estimate of drug-likeness (QED) is 0.738. The van der Waals surface area contributed by atoms with Crippen molar-refractivity contribution in [1.29, 1.82) is 0 Å². The molecule has 1 saturated heterocycles. The highest BCUT2D eigenvalue weighted by molar-refractivity contribution is 6.09. The van der Waals surface area contributed by atoms with Crippen LogP contribution >= 0.6 is 0 Å². The topological polar surface area (TPSA) is 68.4 Å². The Kier molecular flexibility index (Phi) is 2.85. The van der Waals surface area contributed by atoms with Gasteiger partial charge in [0.15, 0.2) is 0 Å². The van der Waals surface area contributed by atoms with Crippen molar-refractivity contribution >= 4 is 33.6 Å². The molecule has 5 nitrogen and oxygen atoms in total. The molecule has 0 saturated carbocycles. The minimum Gasteiger partial charge on any atom is -0.463 e. The van der Waals surface area contributed by atoms with Crippen LogP contribution in [0.2, 0.25) is 0 Å². The van der Waals surface area contributed by atoms with E-state index in [9.17, 15) is 9.59 Å². The van der Waals surface area contributed by atoms with Gasteiger partial charge in [-0.25, -0.2) is 9.59 Å². The van der Waals surface area contributed by atoms with E-state index in [4.69, 9.17) is 9.47 Å². The van der Waals surface area contributed by atoms with Crippen molar-refractivity contribution in [2.45, 2.75) is 12.5 Å². The Balaban J connectivity index is 1.71. The number of rotatable bonds is 2. The standard InChI is InChI=1S/C17H13NO4/c19-16(22-15-7-8-21-17(15)20)14-9-12-11-4-2-1-3-10(11)5-6-13(12)18-14/h1-6,9,15,18H,7-8H2. The molecule has 110 valence electrons. The van der Waals surface area contributed by atoms with Crippen LogP contribution in [0.1, 0.15) is 16.9 Å². The van der Waals surface area contributed by atoms with Gasteiger partial charge in [-0.1, -0.05) is 30.3 Å². The Labute approximate surface area is 125 Å². The first-order valence-corrected chi connectivity index (χ1v) is 7.10. The molecule has 1 aliphatic heterocycles. The second-order valence-electron chi connectivity index (χ2n) is 5.28. The molecule has 1 aromatic heterocycles. The van der Waals surface area contributed by atoms with Gasteiger partial charge in [-0.15, -0.1) is 0 Å². The van der Waals surface area contributed by atoms with Crippen molar-refractivity contribution in [3.8, 4) is 0 Å². The van der Waals surface area contributed by atoms with Crippen molar-refractivity contribution in [2.24, 2.45) is 0 Å². The molecule has 0 bridgehead atoms. The molecule has 0 amide bonds. The fourth-order valence-electron chi connectivity index (χ4n) is 2.77. The van der Waals surface area contributed by atoms with Crippen molar-refractivity contribution in [3.05, 3.63) is 48.2 Å². The number of ether oxygens (including phenoxy) is 2. The van der Waals surface area contributed by atoms with Gasteiger partial charge in [0.05, 0.1) is 6.61 Å². The molecule has 0 spiro atoms. The zero-order chi connectivity index (χ0) is 15.1. The number of H-pyrrole nitrogens is 1. The third kappa shape index (κ3) is 2.02. The number of fused-ring (bicyclic) bond motifs is 3.